The number of hydrogen-bond donors (Lipinski definition) is 2. The molecule has 0 saturated carbocycles. The van der Waals surface area contributed by atoms with E-state index >= 15 is 0 Å². The molecule has 0 saturated heterocycles. The van der Waals surface area contributed by atoms with Gasteiger partial charge in [0.25, 0.3) is 0 Å². The monoisotopic (exact) mass is 460 g/mol. The lowest BCUT2D eigenvalue weighted by molar-refractivity contribution is -0.116. The van der Waals surface area contributed by atoms with Gasteiger partial charge >= 0.3 is 0 Å². The molecule has 3 rings (SSSR count). The van der Waals surface area contributed by atoms with Crippen molar-refractivity contribution < 1.29 is 17.9 Å². The molecule has 0 radical (unpaired) electrons. The number of carbonyl (C=O) groups excluding carboxylic acids is 1. The lowest BCUT2D eigenvalue weighted by Crippen LogP contribution is -2.25. The number of benzene rings is 2. The van der Waals surface area contributed by atoms with E-state index in [1.807, 2.05) is 31.2 Å². The maximum Gasteiger partial charge on any atom is 0.240 e. The molecule has 10 heteroatoms. The lowest BCUT2D eigenvalue weighted by Gasteiger charge is -2.05. The van der Waals surface area contributed by atoms with Crippen LogP contribution in [-0.4, -0.2) is 38.2 Å². The summed E-state index contributed by atoms with van der Waals surface area (Å²) >= 11 is 1.23. The second-order valence-electron chi connectivity index (χ2n) is 6.86. The van der Waals surface area contributed by atoms with Crippen molar-refractivity contribution >= 4 is 32.4 Å². The molecule has 2 N–H and O–H groups in total. The molecule has 2 aromatic carbocycles. The summed E-state index contributed by atoms with van der Waals surface area (Å²) in [6.45, 7) is 2.09. The van der Waals surface area contributed by atoms with Gasteiger partial charge in [0.1, 0.15) is 10.8 Å². The number of nitrogens with zero attached hydrogens (tertiary/aromatic N) is 2. The van der Waals surface area contributed by atoms with Gasteiger partial charge in [0.2, 0.25) is 21.1 Å². The number of hydrogen-bond acceptors (Lipinski definition) is 7. The topological polar surface area (TPSA) is 110 Å². The normalized spacial score (nSPS) is 11.3. The molecule has 1 aromatic heterocycles. The van der Waals surface area contributed by atoms with Crippen LogP contribution in [0.3, 0.4) is 0 Å². The molecule has 31 heavy (non-hydrogen) atoms. The van der Waals surface area contributed by atoms with Gasteiger partial charge < -0.3 is 10.1 Å². The summed E-state index contributed by atoms with van der Waals surface area (Å²) < 4.78 is 32.3. The van der Waals surface area contributed by atoms with Crippen molar-refractivity contribution in [1.29, 1.82) is 0 Å². The number of anilines is 1. The summed E-state index contributed by atoms with van der Waals surface area (Å²) in [7, 11) is -1.96. The Kier molecular flexibility index (Phi) is 7.72. The molecular weight excluding hydrogens is 436 g/mol. The number of aryl methyl sites for hydroxylation is 2. The second-order valence-corrected chi connectivity index (χ2v) is 9.69. The van der Waals surface area contributed by atoms with Crippen LogP contribution < -0.4 is 14.8 Å². The van der Waals surface area contributed by atoms with Crippen LogP contribution in [0, 0.1) is 6.92 Å². The highest BCUT2D eigenvalue weighted by Gasteiger charge is 2.14. The van der Waals surface area contributed by atoms with Gasteiger partial charge in [-0.15, -0.1) is 10.2 Å². The molecule has 164 valence electrons. The fraction of sp³-hybridized carbons (Fsp3) is 0.286. The van der Waals surface area contributed by atoms with Crippen molar-refractivity contribution in [3.8, 4) is 5.75 Å². The van der Waals surface area contributed by atoms with Crippen LogP contribution >= 0.6 is 11.3 Å². The summed E-state index contributed by atoms with van der Waals surface area (Å²) in [6, 6.07) is 14.2. The van der Waals surface area contributed by atoms with Crippen LogP contribution in [0.4, 0.5) is 5.13 Å². The molecule has 1 heterocycles. The van der Waals surface area contributed by atoms with Crippen LogP contribution in [0.1, 0.15) is 22.6 Å². The molecular formula is C21H24N4O4S2. The molecule has 0 bridgehead atoms. The van der Waals surface area contributed by atoms with Gasteiger partial charge in [-0.25, -0.2) is 13.1 Å². The quantitative estimate of drug-likeness (QED) is 0.481. The van der Waals surface area contributed by atoms with Gasteiger partial charge in [0, 0.05) is 19.4 Å². The Balaban J connectivity index is 1.44. The minimum Gasteiger partial charge on any atom is -0.497 e. The fourth-order valence-corrected chi connectivity index (χ4v) is 4.52. The average molecular weight is 461 g/mol. The van der Waals surface area contributed by atoms with Crippen LogP contribution in [0.5, 0.6) is 5.75 Å². The SMILES string of the molecule is COc1ccc(CCC(=O)Nc2nnc(CCNS(=O)(=O)c3ccc(C)cc3)s2)cc1. The summed E-state index contributed by atoms with van der Waals surface area (Å²) in [6.07, 6.45) is 1.30. The standard InChI is InChI=1S/C21H24N4O4S2/c1-15-3-10-18(11-4-15)31(27,28)22-14-13-20-24-25-21(30-20)23-19(26)12-7-16-5-8-17(29-2)9-6-16/h3-6,8-11,22H,7,12-14H2,1-2H3,(H,23,25,26). The largest absolute Gasteiger partial charge is 0.497 e. The van der Waals surface area contributed by atoms with Gasteiger partial charge in [-0.2, -0.15) is 0 Å². The number of sulfonamides is 1. The maximum absolute atomic E-state index is 12.3. The third-order valence-corrected chi connectivity index (χ3v) is 6.85. The molecule has 0 aliphatic carbocycles. The average Bonchev–Trinajstić information content (AvgIpc) is 3.20. The van der Waals surface area contributed by atoms with Crippen molar-refractivity contribution in [2.24, 2.45) is 0 Å². The summed E-state index contributed by atoms with van der Waals surface area (Å²) in [5, 5.41) is 11.7. The smallest absolute Gasteiger partial charge is 0.240 e. The van der Waals surface area contributed by atoms with Crippen molar-refractivity contribution in [2.75, 3.05) is 19.0 Å². The lowest BCUT2D eigenvalue weighted by atomic mass is 10.1. The van der Waals surface area contributed by atoms with Gasteiger partial charge in [-0.3, -0.25) is 4.79 Å². The van der Waals surface area contributed by atoms with Gasteiger partial charge in [0.15, 0.2) is 0 Å². The Hall–Kier alpha value is -2.82. The highest BCUT2D eigenvalue weighted by atomic mass is 32.2. The first-order chi connectivity index (χ1) is 14.9. The summed E-state index contributed by atoms with van der Waals surface area (Å²) in [4.78, 5) is 12.4. The van der Waals surface area contributed by atoms with E-state index in [1.165, 1.54) is 11.3 Å². The molecule has 0 spiro atoms. The number of aromatic nitrogens is 2. The van der Waals surface area contributed by atoms with Crippen LogP contribution in [0.2, 0.25) is 0 Å². The summed E-state index contributed by atoms with van der Waals surface area (Å²) in [5.41, 5.74) is 2.03. The zero-order chi connectivity index (χ0) is 22.3. The number of methoxy groups -OCH3 is 1. The Morgan fingerprint density at radius 3 is 2.42 bits per heavy atom. The molecule has 1 amide bonds. The van der Waals surface area contributed by atoms with Gasteiger partial charge in [-0.05, 0) is 43.2 Å². The molecule has 0 fully saturated rings. The number of rotatable bonds is 10. The molecule has 3 aromatic rings. The Bertz CT molecular complexity index is 1110. The zero-order valence-electron chi connectivity index (χ0n) is 17.3. The predicted molar refractivity (Wildman–Crippen MR) is 120 cm³/mol. The highest BCUT2D eigenvalue weighted by Crippen LogP contribution is 2.17. The molecule has 0 unspecified atom stereocenters. The first-order valence-corrected chi connectivity index (χ1v) is 12.0. The van der Waals surface area contributed by atoms with Crippen molar-refractivity contribution in [1.82, 2.24) is 14.9 Å². The number of nitrogens with one attached hydrogen (secondary N) is 2. The van der Waals surface area contributed by atoms with Gasteiger partial charge in [-0.1, -0.05) is 41.2 Å². The van der Waals surface area contributed by atoms with E-state index in [-0.39, 0.29) is 17.3 Å². The number of amides is 1. The minimum atomic E-state index is -3.57. The van der Waals surface area contributed by atoms with Crippen LogP contribution in [-0.2, 0) is 27.7 Å². The first kappa shape index (κ1) is 22.9. The highest BCUT2D eigenvalue weighted by molar-refractivity contribution is 7.89. The third kappa shape index (κ3) is 6.84. The van der Waals surface area contributed by atoms with E-state index in [0.29, 0.717) is 29.4 Å². The number of ether oxygens (including phenoxy) is 1. The first-order valence-electron chi connectivity index (χ1n) is 9.67. The Labute approximate surface area is 185 Å². The zero-order valence-corrected chi connectivity index (χ0v) is 18.9. The van der Waals surface area contributed by atoms with Gasteiger partial charge in [0.05, 0.1) is 12.0 Å². The van der Waals surface area contributed by atoms with Crippen molar-refractivity contribution in [3.05, 3.63) is 64.7 Å². The summed E-state index contributed by atoms with van der Waals surface area (Å²) in [5.74, 6) is 0.620. The van der Waals surface area contributed by atoms with Crippen molar-refractivity contribution in [2.45, 2.75) is 31.1 Å². The molecule has 8 nitrogen and oxygen atoms in total. The Morgan fingerprint density at radius 2 is 1.74 bits per heavy atom. The maximum atomic E-state index is 12.3. The predicted octanol–water partition coefficient (Wildman–Crippen LogP) is 2.95. The van der Waals surface area contributed by atoms with E-state index < -0.39 is 10.0 Å². The second kappa shape index (κ2) is 10.5. The fourth-order valence-electron chi connectivity index (χ4n) is 2.73. The number of carbonyl (C=O) groups is 1. The molecule has 0 aliphatic rings. The molecule has 0 atom stereocenters. The van der Waals surface area contributed by atoms with Crippen molar-refractivity contribution in [3.63, 3.8) is 0 Å². The third-order valence-electron chi connectivity index (χ3n) is 4.48. The van der Waals surface area contributed by atoms with E-state index in [1.54, 1.807) is 31.4 Å². The minimum absolute atomic E-state index is 0.154. The van der Waals surface area contributed by atoms with E-state index in [0.717, 1.165) is 16.9 Å². The van der Waals surface area contributed by atoms with E-state index in [2.05, 4.69) is 20.2 Å². The molecule has 0 aliphatic heterocycles. The van der Waals surface area contributed by atoms with E-state index in [4.69, 9.17) is 4.74 Å². The van der Waals surface area contributed by atoms with E-state index in [9.17, 15) is 13.2 Å². The Morgan fingerprint density at radius 1 is 1.03 bits per heavy atom. The van der Waals surface area contributed by atoms with Crippen LogP contribution in [0.15, 0.2) is 53.4 Å². The van der Waals surface area contributed by atoms with Crippen LogP contribution in [0.25, 0.3) is 0 Å².